The third-order valence-corrected chi connectivity index (χ3v) is 5.17. The van der Waals surface area contributed by atoms with Crippen LogP contribution in [-0.4, -0.2) is 50.3 Å². The molecule has 5 nitrogen and oxygen atoms in total. The van der Waals surface area contributed by atoms with Gasteiger partial charge >= 0.3 is 6.18 Å². The van der Waals surface area contributed by atoms with Crippen LogP contribution in [-0.2, 0) is 4.79 Å². The van der Waals surface area contributed by atoms with Crippen molar-refractivity contribution >= 4 is 17.5 Å². The van der Waals surface area contributed by atoms with Crippen molar-refractivity contribution in [2.24, 2.45) is 0 Å². The maximum Gasteiger partial charge on any atom is 0.426 e. The van der Waals surface area contributed by atoms with Crippen molar-refractivity contribution in [2.45, 2.75) is 37.6 Å². The summed E-state index contributed by atoms with van der Waals surface area (Å²) in [5.41, 5.74) is -1.57. The molecule has 1 N–H and O–H groups in total. The molecule has 1 aliphatic rings. The minimum Gasteiger partial charge on any atom is -0.373 e. The van der Waals surface area contributed by atoms with Gasteiger partial charge < -0.3 is 14.6 Å². The van der Waals surface area contributed by atoms with E-state index in [4.69, 9.17) is 11.6 Å². The second-order valence-corrected chi connectivity index (χ2v) is 7.22. The normalized spacial score (nSPS) is 18.4. The first-order valence-corrected chi connectivity index (χ1v) is 8.85. The first kappa shape index (κ1) is 19.7. The molecule has 146 valence electrons. The Bertz CT molecular complexity index is 810. The number of hydrogen-bond donors (Lipinski definition) is 1. The quantitative estimate of drug-likeness (QED) is 0.853. The van der Waals surface area contributed by atoms with E-state index in [0.29, 0.717) is 24.8 Å². The van der Waals surface area contributed by atoms with Gasteiger partial charge in [-0.15, -0.1) is 0 Å². The van der Waals surface area contributed by atoms with E-state index in [9.17, 15) is 23.1 Å². The lowest BCUT2D eigenvalue weighted by Gasteiger charge is -2.37. The second kappa shape index (κ2) is 7.16. The summed E-state index contributed by atoms with van der Waals surface area (Å²) in [6.45, 7) is 0.762. The Kier molecular flexibility index (Phi) is 5.22. The molecule has 0 bridgehead atoms. The summed E-state index contributed by atoms with van der Waals surface area (Å²) in [6, 6.07) is 7.28. The largest absolute Gasteiger partial charge is 0.426 e. The summed E-state index contributed by atoms with van der Waals surface area (Å²) in [7, 11) is 0. The van der Waals surface area contributed by atoms with Gasteiger partial charge in [0.05, 0.1) is 18.2 Å². The standard InChI is InChI=1S/C18H19ClF3N3O2/c1-17(27,18(20,21)22)16(26)24-8-6-14(7-9-24)25-11-23-10-15(25)12-2-4-13(19)5-3-12/h2-5,10-11,14,27H,6-9H2,1H3/t17-/m1/s1. The average Bonchev–Trinajstić information content (AvgIpc) is 3.10. The predicted molar refractivity (Wildman–Crippen MR) is 94.2 cm³/mol. The van der Waals surface area contributed by atoms with E-state index < -0.39 is 17.7 Å². The molecule has 1 fully saturated rings. The Balaban J connectivity index is 1.71. The van der Waals surface area contributed by atoms with Crippen molar-refractivity contribution in [3.8, 4) is 11.3 Å². The van der Waals surface area contributed by atoms with Crippen LogP contribution in [0.15, 0.2) is 36.8 Å². The Hall–Kier alpha value is -2.06. The lowest BCUT2D eigenvalue weighted by Crippen LogP contribution is -2.57. The summed E-state index contributed by atoms with van der Waals surface area (Å²) in [5.74, 6) is -1.31. The van der Waals surface area contributed by atoms with Gasteiger partial charge in [-0.25, -0.2) is 4.98 Å². The molecule has 27 heavy (non-hydrogen) atoms. The number of halogens is 4. The first-order valence-electron chi connectivity index (χ1n) is 8.47. The smallest absolute Gasteiger partial charge is 0.373 e. The second-order valence-electron chi connectivity index (χ2n) is 6.79. The van der Waals surface area contributed by atoms with E-state index in [-0.39, 0.29) is 19.1 Å². The van der Waals surface area contributed by atoms with Gasteiger partial charge in [0.2, 0.25) is 5.60 Å². The van der Waals surface area contributed by atoms with Crippen molar-refractivity contribution in [1.82, 2.24) is 14.5 Å². The van der Waals surface area contributed by atoms with Crippen molar-refractivity contribution in [2.75, 3.05) is 13.1 Å². The van der Waals surface area contributed by atoms with Crippen LogP contribution in [0.2, 0.25) is 5.02 Å². The number of carbonyl (C=O) groups excluding carboxylic acids is 1. The molecule has 0 spiro atoms. The summed E-state index contributed by atoms with van der Waals surface area (Å²) in [4.78, 5) is 17.4. The Morgan fingerprint density at radius 1 is 1.22 bits per heavy atom. The van der Waals surface area contributed by atoms with Gasteiger partial charge in [0.25, 0.3) is 5.91 Å². The highest BCUT2D eigenvalue weighted by Gasteiger charge is 2.57. The fourth-order valence-corrected chi connectivity index (χ4v) is 3.34. The lowest BCUT2D eigenvalue weighted by atomic mass is 9.99. The van der Waals surface area contributed by atoms with Gasteiger partial charge in [0, 0.05) is 24.2 Å². The number of rotatable bonds is 3. The number of likely N-dealkylation sites (tertiary alicyclic amines) is 1. The van der Waals surface area contributed by atoms with E-state index in [1.807, 2.05) is 16.7 Å². The SMILES string of the molecule is C[C@@](O)(C(=O)N1CCC(n2cncc2-c2ccc(Cl)cc2)CC1)C(F)(F)F. The van der Waals surface area contributed by atoms with E-state index in [1.54, 1.807) is 24.7 Å². The average molecular weight is 402 g/mol. The molecule has 1 amide bonds. The van der Waals surface area contributed by atoms with Crippen LogP contribution in [0.4, 0.5) is 13.2 Å². The maximum atomic E-state index is 12.9. The maximum absolute atomic E-state index is 12.9. The molecule has 0 unspecified atom stereocenters. The summed E-state index contributed by atoms with van der Waals surface area (Å²) in [6.07, 6.45) is -0.673. The number of piperidine rings is 1. The third kappa shape index (κ3) is 3.82. The number of amides is 1. The highest BCUT2D eigenvalue weighted by atomic mass is 35.5. The van der Waals surface area contributed by atoms with Crippen LogP contribution in [0.25, 0.3) is 11.3 Å². The minimum absolute atomic E-state index is 0.00179. The highest BCUT2D eigenvalue weighted by Crippen LogP contribution is 2.34. The molecule has 3 rings (SSSR count). The zero-order chi connectivity index (χ0) is 19.8. The molecule has 1 atom stereocenters. The topological polar surface area (TPSA) is 58.4 Å². The van der Waals surface area contributed by atoms with Crippen LogP contribution in [0, 0.1) is 0 Å². The van der Waals surface area contributed by atoms with Crippen molar-refractivity contribution in [3.05, 3.63) is 41.8 Å². The summed E-state index contributed by atoms with van der Waals surface area (Å²) >= 11 is 5.92. The van der Waals surface area contributed by atoms with Crippen LogP contribution in [0.1, 0.15) is 25.8 Å². The first-order chi connectivity index (χ1) is 12.6. The van der Waals surface area contributed by atoms with Crippen LogP contribution in [0.3, 0.4) is 0 Å². The number of benzene rings is 1. The number of aromatic nitrogens is 2. The number of hydrogen-bond acceptors (Lipinski definition) is 3. The number of carbonyl (C=O) groups is 1. The zero-order valence-electron chi connectivity index (χ0n) is 14.6. The molecule has 2 aromatic rings. The Morgan fingerprint density at radius 3 is 2.37 bits per heavy atom. The van der Waals surface area contributed by atoms with E-state index in [1.165, 1.54) is 0 Å². The predicted octanol–water partition coefficient (Wildman–Crippen LogP) is 3.68. The van der Waals surface area contributed by atoms with Crippen LogP contribution >= 0.6 is 11.6 Å². The zero-order valence-corrected chi connectivity index (χ0v) is 15.3. The van der Waals surface area contributed by atoms with Gasteiger partial charge in [-0.3, -0.25) is 4.79 Å². The molecule has 2 heterocycles. The number of imidazole rings is 1. The monoisotopic (exact) mass is 401 g/mol. The van der Waals surface area contributed by atoms with Gasteiger partial charge in [0.1, 0.15) is 0 Å². The van der Waals surface area contributed by atoms with E-state index in [2.05, 4.69) is 4.98 Å². The highest BCUT2D eigenvalue weighted by molar-refractivity contribution is 6.30. The van der Waals surface area contributed by atoms with Crippen molar-refractivity contribution < 1.29 is 23.1 Å². The molecule has 1 aromatic carbocycles. The van der Waals surface area contributed by atoms with E-state index >= 15 is 0 Å². The van der Waals surface area contributed by atoms with Crippen molar-refractivity contribution in [3.63, 3.8) is 0 Å². The Morgan fingerprint density at radius 2 is 1.81 bits per heavy atom. The van der Waals surface area contributed by atoms with Gasteiger partial charge in [-0.1, -0.05) is 23.7 Å². The molecule has 1 aliphatic heterocycles. The number of aliphatic hydroxyl groups is 1. The fourth-order valence-electron chi connectivity index (χ4n) is 3.22. The molecule has 0 aliphatic carbocycles. The number of alkyl halides is 3. The molecule has 0 radical (unpaired) electrons. The summed E-state index contributed by atoms with van der Waals surface area (Å²) < 4.78 is 40.6. The molecular formula is C18H19ClF3N3O2. The summed E-state index contributed by atoms with van der Waals surface area (Å²) in [5, 5.41) is 10.2. The van der Waals surface area contributed by atoms with Crippen LogP contribution in [0.5, 0.6) is 0 Å². The molecule has 0 saturated carbocycles. The minimum atomic E-state index is -5.01. The van der Waals surface area contributed by atoms with Gasteiger partial charge in [0.15, 0.2) is 0 Å². The van der Waals surface area contributed by atoms with Crippen molar-refractivity contribution in [1.29, 1.82) is 0 Å². The molecular weight excluding hydrogens is 383 g/mol. The van der Waals surface area contributed by atoms with Gasteiger partial charge in [-0.05, 0) is 37.5 Å². The van der Waals surface area contributed by atoms with Crippen LogP contribution < -0.4 is 0 Å². The fraction of sp³-hybridized carbons (Fsp3) is 0.444. The third-order valence-electron chi connectivity index (χ3n) is 4.92. The van der Waals surface area contributed by atoms with Gasteiger partial charge in [-0.2, -0.15) is 13.2 Å². The molecule has 1 aromatic heterocycles. The molecule has 9 heteroatoms. The van der Waals surface area contributed by atoms with E-state index in [0.717, 1.165) is 16.2 Å². The molecule has 1 saturated heterocycles. The lowest BCUT2D eigenvalue weighted by molar-refractivity contribution is -0.250. The number of nitrogens with zero attached hydrogens (tertiary/aromatic N) is 3. The Labute approximate surface area is 159 Å².